The Labute approximate surface area is 86.0 Å². The quantitative estimate of drug-likeness (QED) is 0.745. The molecule has 4 nitrogen and oxygen atoms in total. The van der Waals surface area contributed by atoms with Gasteiger partial charge in [0, 0.05) is 13.1 Å². The van der Waals surface area contributed by atoms with E-state index in [1.807, 2.05) is 20.8 Å². The average molecular weight is 221 g/mol. The van der Waals surface area contributed by atoms with E-state index in [1.54, 1.807) is 0 Å². The second-order valence-corrected chi connectivity index (χ2v) is 6.55. The molecule has 0 amide bonds. The fourth-order valence-electron chi connectivity index (χ4n) is 1.66. The molecule has 0 spiro atoms. The fourth-order valence-corrected chi connectivity index (χ4v) is 3.56. The van der Waals surface area contributed by atoms with Crippen LogP contribution >= 0.6 is 0 Å². The molecule has 1 aliphatic heterocycles. The van der Waals surface area contributed by atoms with Crippen LogP contribution in [0.4, 0.5) is 0 Å². The van der Waals surface area contributed by atoms with E-state index in [1.165, 1.54) is 4.31 Å². The normalized spacial score (nSPS) is 30.1. The Kier molecular flexibility index (Phi) is 3.55. The minimum atomic E-state index is -3.15. The van der Waals surface area contributed by atoms with Crippen LogP contribution in [-0.4, -0.2) is 42.8 Å². The summed E-state index contributed by atoms with van der Waals surface area (Å²) in [4.78, 5) is 0. The van der Waals surface area contributed by atoms with Crippen molar-refractivity contribution in [3.63, 3.8) is 0 Å². The van der Waals surface area contributed by atoms with Crippen molar-refractivity contribution in [3.05, 3.63) is 0 Å². The van der Waals surface area contributed by atoms with E-state index in [-0.39, 0.29) is 24.1 Å². The van der Waals surface area contributed by atoms with Gasteiger partial charge in [0.1, 0.15) is 0 Å². The van der Waals surface area contributed by atoms with Gasteiger partial charge in [-0.3, -0.25) is 0 Å². The molecular formula is C9H19NO3S. The first-order chi connectivity index (χ1) is 6.33. The van der Waals surface area contributed by atoms with Crippen LogP contribution in [0.5, 0.6) is 0 Å². The topological polar surface area (TPSA) is 57.6 Å². The van der Waals surface area contributed by atoms with Gasteiger partial charge in [-0.1, -0.05) is 20.8 Å². The molecule has 0 saturated carbocycles. The third-order valence-electron chi connectivity index (χ3n) is 2.48. The minimum Gasteiger partial charge on any atom is -0.391 e. The Hall–Kier alpha value is -0.130. The van der Waals surface area contributed by atoms with Gasteiger partial charge >= 0.3 is 0 Å². The smallest absolute Gasteiger partial charge is 0.214 e. The highest BCUT2D eigenvalue weighted by molar-refractivity contribution is 7.89. The summed E-state index contributed by atoms with van der Waals surface area (Å²) >= 11 is 0. The minimum absolute atomic E-state index is 0.0527. The highest BCUT2D eigenvalue weighted by Gasteiger charge is 2.35. The Morgan fingerprint density at radius 1 is 1.43 bits per heavy atom. The van der Waals surface area contributed by atoms with Crippen molar-refractivity contribution in [1.82, 2.24) is 4.31 Å². The largest absolute Gasteiger partial charge is 0.391 e. The van der Waals surface area contributed by atoms with Gasteiger partial charge in [0.2, 0.25) is 10.0 Å². The lowest BCUT2D eigenvalue weighted by molar-refractivity contribution is 0.153. The molecule has 0 bridgehead atoms. The molecule has 1 rings (SSSR count). The zero-order valence-electron chi connectivity index (χ0n) is 8.97. The summed E-state index contributed by atoms with van der Waals surface area (Å²) in [6.45, 7) is 6.35. The van der Waals surface area contributed by atoms with Crippen molar-refractivity contribution >= 4 is 10.0 Å². The first-order valence-corrected chi connectivity index (χ1v) is 6.59. The molecule has 0 aromatic carbocycles. The van der Waals surface area contributed by atoms with Crippen LogP contribution in [0.3, 0.4) is 0 Å². The SMILES string of the molecule is CC(C)CS(=O)(=O)N1C[C@H](C)[C@@H](O)C1. The standard InChI is InChI=1S/C9H19NO3S/c1-7(2)6-14(12,13)10-4-8(3)9(11)5-10/h7-9,11H,4-6H2,1-3H3/t8-,9-/m0/s1. The Morgan fingerprint density at radius 3 is 2.36 bits per heavy atom. The number of hydrogen-bond acceptors (Lipinski definition) is 3. The van der Waals surface area contributed by atoms with Crippen LogP contribution in [-0.2, 0) is 10.0 Å². The molecule has 2 atom stereocenters. The molecular weight excluding hydrogens is 202 g/mol. The maximum absolute atomic E-state index is 11.7. The Morgan fingerprint density at radius 2 is 2.00 bits per heavy atom. The molecule has 1 N–H and O–H groups in total. The van der Waals surface area contributed by atoms with Gasteiger partial charge in [-0.05, 0) is 11.8 Å². The molecule has 0 aromatic rings. The summed E-state index contributed by atoms with van der Waals surface area (Å²) in [6, 6.07) is 0. The van der Waals surface area contributed by atoms with Crippen LogP contribution in [0, 0.1) is 11.8 Å². The van der Waals surface area contributed by atoms with Gasteiger partial charge in [0.15, 0.2) is 0 Å². The highest BCUT2D eigenvalue weighted by atomic mass is 32.2. The first kappa shape index (κ1) is 11.9. The molecule has 0 aliphatic carbocycles. The van der Waals surface area contributed by atoms with Crippen molar-refractivity contribution < 1.29 is 13.5 Å². The third kappa shape index (κ3) is 2.68. The van der Waals surface area contributed by atoms with Crippen LogP contribution in [0.2, 0.25) is 0 Å². The second-order valence-electron chi connectivity index (χ2n) is 4.53. The highest BCUT2D eigenvalue weighted by Crippen LogP contribution is 2.20. The van der Waals surface area contributed by atoms with Crippen LogP contribution < -0.4 is 0 Å². The molecule has 84 valence electrons. The molecule has 1 fully saturated rings. The number of aliphatic hydroxyl groups excluding tert-OH is 1. The van der Waals surface area contributed by atoms with Crippen molar-refractivity contribution in [2.24, 2.45) is 11.8 Å². The van der Waals surface area contributed by atoms with Crippen molar-refractivity contribution in [2.45, 2.75) is 26.9 Å². The summed E-state index contributed by atoms with van der Waals surface area (Å²) in [5, 5.41) is 9.46. The van der Waals surface area contributed by atoms with Crippen LogP contribution in [0.1, 0.15) is 20.8 Å². The van der Waals surface area contributed by atoms with Crippen LogP contribution in [0.25, 0.3) is 0 Å². The lowest BCUT2D eigenvalue weighted by Crippen LogP contribution is -2.33. The van der Waals surface area contributed by atoms with Crippen LogP contribution in [0.15, 0.2) is 0 Å². The zero-order chi connectivity index (χ0) is 10.9. The summed E-state index contributed by atoms with van der Waals surface area (Å²) in [5.41, 5.74) is 0. The zero-order valence-corrected chi connectivity index (χ0v) is 9.79. The van der Waals surface area contributed by atoms with Gasteiger partial charge in [0.05, 0.1) is 11.9 Å². The predicted octanol–water partition coefficient (Wildman–Crippen LogP) is 0.285. The Bertz CT molecular complexity index is 276. The second kappa shape index (κ2) is 4.16. The van der Waals surface area contributed by atoms with E-state index >= 15 is 0 Å². The molecule has 0 aromatic heterocycles. The lowest BCUT2D eigenvalue weighted by Gasteiger charge is -2.17. The van der Waals surface area contributed by atoms with Gasteiger partial charge in [0.25, 0.3) is 0 Å². The predicted molar refractivity (Wildman–Crippen MR) is 55.4 cm³/mol. The average Bonchev–Trinajstić information content (AvgIpc) is 2.30. The summed E-state index contributed by atoms with van der Waals surface area (Å²) in [7, 11) is -3.15. The maximum atomic E-state index is 11.7. The molecule has 1 aliphatic rings. The number of aliphatic hydroxyl groups is 1. The maximum Gasteiger partial charge on any atom is 0.214 e. The van der Waals surface area contributed by atoms with E-state index in [0.29, 0.717) is 6.54 Å². The van der Waals surface area contributed by atoms with Crippen molar-refractivity contribution in [2.75, 3.05) is 18.8 Å². The molecule has 0 unspecified atom stereocenters. The van der Waals surface area contributed by atoms with E-state index < -0.39 is 16.1 Å². The van der Waals surface area contributed by atoms with E-state index in [0.717, 1.165) is 0 Å². The number of rotatable bonds is 3. The summed E-state index contributed by atoms with van der Waals surface area (Å²) < 4.78 is 24.9. The van der Waals surface area contributed by atoms with Gasteiger partial charge in [-0.25, -0.2) is 8.42 Å². The van der Waals surface area contributed by atoms with Gasteiger partial charge in [-0.2, -0.15) is 4.31 Å². The van der Waals surface area contributed by atoms with Gasteiger partial charge in [-0.15, -0.1) is 0 Å². The summed E-state index contributed by atoms with van der Waals surface area (Å²) in [5.74, 6) is 0.358. The number of hydrogen-bond donors (Lipinski definition) is 1. The molecule has 1 heterocycles. The van der Waals surface area contributed by atoms with Gasteiger partial charge < -0.3 is 5.11 Å². The number of nitrogens with zero attached hydrogens (tertiary/aromatic N) is 1. The first-order valence-electron chi connectivity index (χ1n) is 4.99. The van der Waals surface area contributed by atoms with Crippen molar-refractivity contribution in [1.29, 1.82) is 0 Å². The van der Waals surface area contributed by atoms with E-state index in [9.17, 15) is 13.5 Å². The lowest BCUT2D eigenvalue weighted by atomic mass is 10.1. The Balaban J connectivity index is 2.66. The molecule has 5 heteroatoms. The molecule has 14 heavy (non-hydrogen) atoms. The van der Waals surface area contributed by atoms with Crippen molar-refractivity contribution in [3.8, 4) is 0 Å². The third-order valence-corrected chi connectivity index (χ3v) is 4.65. The number of sulfonamides is 1. The summed E-state index contributed by atoms with van der Waals surface area (Å²) in [6.07, 6.45) is -0.503. The fraction of sp³-hybridized carbons (Fsp3) is 1.00. The van der Waals surface area contributed by atoms with E-state index in [2.05, 4.69) is 0 Å². The molecule has 1 saturated heterocycles. The monoisotopic (exact) mass is 221 g/mol. The molecule has 0 radical (unpaired) electrons. The van der Waals surface area contributed by atoms with E-state index in [4.69, 9.17) is 0 Å². The number of β-amino-alcohol motifs (C(OH)–C–C–N with tert-alkyl or cyclic N) is 1.